The first-order chi connectivity index (χ1) is 16.4. The maximum Gasteiger partial charge on any atom is 0.235 e. The smallest absolute Gasteiger partial charge is 0.235 e. The molecule has 3 heterocycles. The van der Waals surface area contributed by atoms with E-state index in [0.717, 1.165) is 50.3 Å². The van der Waals surface area contributed by atoms with E-state index in [9.17, 15) is 14.4 Å². The molecule has 3 fully saturated rings. The predicted octanol–water partition coefficient (Wildman–Crippen LogP) is 2.98. The van der Waals surface area contributed by atoms with Crippen molar-refractivity contribution in [3.63, 3.8) is 0 Å². The number of aromatic nitrogens is 2. The van der Waals surface area contributed by atoms with Crippen LogP contribution in [-0.4, -0.2) is 53.2 Å². The van der Waals surface area contributed by atoms with Gasteiger partial charge in [-0.1, -0.05) is 0 Å². The molecule has 3 aliphatic rings. The average Bonchev–Trinajstić information content (AvgIpc) is 3.14. The molecule has 2 saturated heterocycles. The summed E-state index contributed by atoms with van der Waals surface area (Å²) in [5.74, 6) is -1.36. The van der Waals surface area contributed by atoms with Gasteiger partial charge in [-0.25, -0.2) is 4.39 Å². The van der Waals surface area contributed by atoms with Crippen LogP contribution in [0.1, 0.15) is 63.0 Å². The quantitative estimate of drug-likeness (QED) is 0.534. The molecule has 9 heteroatoms. The molecule has 1 atom stereocenters. The Morgan fingerprint density at radius 3 is 2.44 bits per heavy atom. The van der Waals surface area contributed by atoms with E-state index in [4.69, 9.17) is 4.74 Å². The van der Waals surface area contributed by atoms with Gasteiger partial charge >= 0.3 is 0 Å². The number of carbonyl (C=O) groups is 3. The van der Waals surface area contributed by atoms with Crippen LogP contribution in [0.3, 0.4) is 0 Å². The highest BCUT2D eigenvalue weighted by Gasteiger charge is 2.33. The fourth-order valence-electron chi connectivity index (χ4n) is 5.61. The van der Waals surface area contributed by atoms with Crippen molar-refractivity contribution in [1.82, 2.24) is 15.1 Å². The van der Waals surface area contributed by atoms with E-state index in [1.807, 2.05) is 6.07 Å². The van der Waals surface area contributed by atoms with Crippen LogP contribution >= 0.6 is 0 Å². The summed E-state index contributed by atoms with van der Waals surface area (Å²) in [6.07, 6.45) is 7.43. The van der Waals surface area contributed by atoms with Crippen molar-refractivity contribution in [1.29, 1.82) is 0 Å². The van der Waals surface area contributed by atoms with Crippen molar-refractivity contribution in [2.75, 3.05) is 18.0 Å². The number of nitrogens with one attached hydrogen (secondary N) is 1. The van der Waals surface area contributed by atoms with Crippen LogP contribution in [-0.2, 0) is 26.2 Å². The molecule has 1 N–H and O–H groups in total. The number of amides is 2. The van der Waals surface area contributed by atoms with Crippen LogP contribution in [0.5, 0.6) is 0 Å². The second-order valence-electron chi connectivity index (χ2n) is 9.83. The van der Waals surface area contributed by atoms with Gasteiger partial charge in [-0.2, -0.15) is 5.10 Å². The topological polar surface area (TPSA) is 93.5 Å². The molecule has 34 heavy (non-hydrogen) atoms. The lowest BCUT2D eigenvalue weighted by atomic mass is 9.88. The molecule has 182 valence electrons. The summed E-state index contributed by atoms with van der Waals surface area (Å²) >= 11 is 0. The summed E-state index contributed by atoms with van der Waals surface area (Å²) in [6, 6.07) is 3.29. The maximum absolute atomic E-state index is 15.3. The van der Waals surface area contributed by atoms with Crippen LogP contribution in [0.2, 0.25) is 0 Å². The predicted molar refractivity (Wildman–Crippen MR) is 124 cm³/mol. The van der Waals surface area contributed by atoms with E-state index in [1.54, 1.807) is 11.7 Å². The van der Waals surface area contributed by atoms with Crippen LogP contribution in [0, 0.1) is 11.7 Å². The minimum atomic E-state index is -0.554. The Hall–Kier alpha value is -2.81. The van der Waals surface area contributed by atoms with Crippen molar-refractivity contribution in [3.8, 4) is 0 Å². The number of anilines is 1. The lowest BCUT2D eigenvalue weighted by molar-refractivity contribution is -0.134. The number of carbonyl (C=O) groups excluding carboxylic acids is 3. The molecular weight excluding hydrogens is 439 g/mol. The molecule has 0 bridgehead atoms. The number of halogens is 1. The second-order valence-corrected chi connectivity index (χ2v) is 9.83. The molecule has 8 nitrogen and oxygen atoms in total. The summed E-state index contributed by atoms with van der Waals surface area (Å²) in [5, 5.41) is 7.50. The molecule has 0 radical (unpaired) electrons. The van der Waals surface area contributed by atoms with Crippen molar-refractivity contribution in [3.05, 3.63) is 23.6 Å². The van der Waals surface area contributed by atoms with Gasteiger partial charge in [0.05, 0.1) is 35.0 Å². The number of fused-ring (bicyclic) bond motifs is 1. The van der Waals surface area contributed by atoms with Gasteiger partial charge in [0.15, 0.2) is 0 Å². The third kappa shape index (κ3) is 4.45. The number of nitrogens with zero attached hydrogens (tertiary/aromatic N) is 3. The van der Waals surface area contributed by atoms with Crippen molar-refractivity contribution in [2.45, 2.75) is 69.5 Å². The highest BCUT2D eigenvalue weighted by molar-refractivity contribution is 6.02. The number of imide groups is 1. The molecule has 1 aromatic carbocycles. The standard InChI is InChI=1S/C25H31FN4O4/c1-29-21-13-22(20(26)12-19(21)24(28-29)18-6-7-23(32)27-25(18)33)30-10-8-17(9-11-30)34-16-4-2-15(14-31)3-5-16/h12-18H,2-11H2,1H3,(H,27,32,33). The number of aryl methyl sites for hydroxylation is 1. The first-order valence-electron chi connectivity index (χ1n) is 12.3. The number of piperidine rings is 2. The maximum atomic E-state index is 15.3. The van der Waals surface area contributed by atoms with Crippen molar-refractivity contribution < 1.29 is 23.5 Å². The van der Waals surface area contributed by atoms with E-state index >= 15 is 4.39 Å². The summed E-state index contributed by atoms with van der Waals surface area (Å²) in [5.41, 5.74) is 1.82. The average molecular weight is 471 g/mol. The van der Waals surface area contributed by atoms with Crippen LogP contribution in [0.25, 0.3) is 10.9 Å². The van der Waals surface area contributed by atoms with Gasteiger partial charge < -0.3 is 14.4 Å². The number of benzene rings is 1. The summed E-state index contributed by atoms with van der Waals surface area (Å²) in [4.78, 5) is 36.9. The van der Waals surface area contributed by atoms with Crippen LogP contribution in [0.15, 0.2) is 12.1 Å². The molecular formula is C25H31FN4O4. The van der Waals surface area contributed by atoms with Gasteiger partial charge in [0.25, 0.3) is 0 Å². The Kier molecular flexibility index (Phi) is 6.38. The number of hydrogen-bond donors (Lipinski definition) is 1. The van der Waals surface area contributed by atoms with E-state index in [-0.39, 0.29) is 42.2 Å². The molecule has 2 aliphatic heterocycles. The molecule has 1 aromatic heterocycles. The SMILES string of the molecule is Cn1nc(C2CCC(=O)NC2=O)c2cc(F)c(N3CCC(OC4CCC(C=O)CC4)CC3)cc21. The third-order valence-electron chi connectivity index (χ3n) is 7.60. The van der Waals surface area contributed by atoms with Gasteiger partial charge in [-0.05, 0) is 57.1 Å². The monoisotopic (exact) mass is 470 g/mol. The van der Waals surface area contributed by atoms with E-state index < -0.39 is 5.92 Å². The van der Waals surface area contributed by atoms with E-state index in [1.165, 1.54) is 6.07 Å². The molecule has 5 rings (SSSR count). The number of ether oxygens (including phenoxy) is 1. The zero-order valence-corrected chi connectivity index (χ0v) is 19.5. The third-order valence-corrected chi connectivity index (χ3v) is 7.60. The lowest BCUT2D eigenvalue weighted by Crippen LogP contribution is -2.39. The van der Waals surface area contributed by atoms with Crippen molar-refractivity contribution >= 4 is 34.7 Å². The van der Waals surface area contributed by atoms with E-state index in [0.29, 0.717) is 36.3 Å². The fraction of sp³-hybridized carbons (Fsp3) is 0.600. The van der Waals surface area contributed by atoms with Crippen LogP contribution in [0.4, 0.5) is 10.1 Å². The fourth-order valence-corrected chi connectivity index (χ4v) is 5.61. The Morgan fingerprint density at radius 2 is 1.76 bits per heavy atom. The van der Waals surface area contributed by atoms with E-state index in [2.05, 4.69) is 15.3 Å². The molecule has 0 spiro atoms. The molecule has 2 aromatic rings. The molecule has 1 aliphatic carbocycles. The Balaban J connectivity index is 1.27. The van der Waals surface area contributed by atoms with Gasteiger partial charge in [0.1, 0.15) is 12.1 Å². The highest BCUT2D eigenvalue weighted by atomic mass is 19.1. The van der Waals surface area contributed by atoms with Crippen LogP contribution < -0.4 is 10.2 Å². The number of rotatable bonds is 5. The Labute approximate surface area is 197 Å². The summed E-state index contributed by atoms with van der Waals surface area (Å²) in [6.45, 7) is 1.41. The largest absolute Gasteiger partial charge is 0.375 e. The number of hydrogen-bond acceptors (Lipinski definition) is 6. The number of aldehydes is 1. The molecule has 1 saturated carbocycles. The Bertz CT molecular complexity index is 1100. The molecule has 2 amide bonds. The second kappa shape index (κ2) is 9.44. The molecule has 1 unspecified atom stereocenters. The summed E-state index contributed by atoms with van der Waals surface area (Å²) < 4.78 is 23.3. The normalized spacial score (nSPS) is 26.6. The van der Waals surface area contributed by atoms with Crippen molar-refractivity contribution in [2.24, 2.45) is 13.0 Å². The minimum Gasteiger partial charge on any atom is -0.375 e. The summed E-state index contributed by atoms with van der Waals surface area (Å²) in [7, 11) is 1.79. The Morgan fingerprint density at radius 1 is 1.06 bits per heavy atom. The lowest BCUT2D eigenvalue weighted by Gasteiger charge is -2.36. The van der Waals surface area contributed by atoms with Gasteiger partial charge in [0, 0.05) is 37.9 Å². The zero-order valence-electron chi connectivity index (χ0n) is 19.5. The first kappa shape index (κ1) is 23.0. The minimum absolute atomic E-state index is 0.164. The highest BCUT2D eigenvalue weighted by Crippen LogP contribution is 2.35. The zero-order chi connectivity index (χ0) is 23.8. The van der Waals surface area contributed by atoms with Gasteiger partial charge in [-0.3, -0.25) is 19.6 Å². The van der Waals surface area contributed by atoms with Gasteiger partial charge in [0.2, 0.25) is 11.8 Å². The first-order valence-corrected chi connectivity index (χ1v) is 12.3. The van der Waals surface area contributed by atoms with Gasteiger partial charge in [-0.15, -0.1) is 0 Å².